The Morgan fingerprint density at radius 2 is 2.05 bits per heavy atom. The number of aromatic nitrogens is 1. The first kappa shape index (κ1) is 13.7. The lowest BCUT2D eigenvalue weighted by Gasteiger charge is -2.16. The van der Waals surface area contributed by atoms with Crippen LogP contribution in [0.25, 0.3) is 0 Å². The Morgan fingerprint density at radius 1 is 1.40 bits per heavy atom. The van der Waals surface area contributed by atoms with Gasteiger partial charge in [-0.2, -0.15) is 0 Å². The van der Waals surface area contributed by atoms with E-state index in [9.17, 15) is 4.79 Å². The Labute approximate surface area is 123 Å². The molecule has 20 heavy (non-hydrogen) atoms. The van der Waals surface area contributed by atoms with Crippen LogP contribution < -0.4 is 16.4 Å². The van der Waals surface area contributed by atoms with Gasteiger partial charge in [0.15, 0.2) is 5.13 Å². The van der Waals surface area contributed by atoms with E-state index < -0.39 is 0 Å². The average Bonchev–Trinajstić information content (AvgIpc) is 3.32. The molecule has 0 bridgehead atoms. The van der Waals surface area contributed by atoms with Crippen molar-refractivity contribution < 1.29 is 4.79 Å². The minimum absolute atomic E-state index is 0.0478. The molecule has 0 spiro atoms. The second-order valence-electron chi connectivity index (χ2n) is 5.83. The first-order valence-corrected chi connectivity index (χ1v) is 8.31. The number of hydrogen-bond acceptors (Lipinski definition) is 5. The number of anilines is 2. The number of nitrogens with zero attached hydrogens (tertiary/aromatic N) is 1. The van der Waals surface area contributed by atoms with Crippen LogP contribution in [0.15, 0.2) is 0 Å². The molecule has 0 atom stereocenters. The number of amides is 1. The summed E-state index contributed by atoms with van der Waals surface area (Å²) in [5.41, 5.74) is 5.87. The van der Waals surface area contributed by atoms with E-state index in [0.717, 1.165) is 18.1 Å². The summed E-state index contributed by atoms with van der Waals surface area (Å²) in [5, 5.41) is 7.11. The minimum Gasteiger partial charge on any atom is -0.382 e. The Kier molecular flexibility index (Phi) is 3.83. The number of nitrogens with one attached hydrogen (secondary N) is 2. The minimum atomic E-state index is -0.0478. The molecule has 4 N–H and O–H groups in total. The zero-order chi connectivity index (χ0) is 14.1. The maximum Gasteiger partial charge on any atom is 0.265 e. The molecular weight excluding hydrogens is 272 g/mol. The van der Waals surface area contributed by atoms with Crippen LogP contribution in [-0.2, 0) is 0 Å². The van der Waals surface area contributed by atoms with Gasteiger partial charge in [-0.05, 0) is 43.9 Å². The van der Waals surface area contributed by atoms with Crippen molar-refractivity contribution in [2.75, 3.05) is 17.6 Å². The van der Waals surface area contributed by atoms with Gasteiger partial charge in [0.2, 0.25) is 0 Å². The number of carbonyl (C=O) groups excluding carboxylic acids is 1. The lowest BCUT2D eigenvalue weighted by Crippen LogP contribution is -2.38. The molecule has 3 rings (SSSR count). The van der Waals surface area contributed by atoms with Crippen molar-refractivity contribution in [3.63, 3.8) is 0 Å². The van der Waals surface area contributed by atoms with Crippen LogP contribution in [-0.4, -0.2) is 23.5 Å². The van der Waals surface area contributed by atoms with Crippen LogP contribution in [0.1, 0.15) is 48.7 Å². The Balaban J connectivity index is 1.65. The SMILES string of the molecule is CCCNc1nc(N)c(C(=O)NC(C2CC2)C2CC2)s1. The molecule has 1 heterocycles. The predicted octanol–water partition coefficient (Wildman–Crippen LogP) is 2.47. The topological polar surface area (TPSA) is 80.0 Å². The Bertz CT molecular complexity index is 481. The van der Waals surface area contributed by atoms with Gasteiger partial charge in [-0.3, -0.25) is 4.79 Å². The van der Waals surface area contributed by atoms with Gasteiger partial charge < -0.3 is 16.4 Å². The van der Waals surface area contributed by atoms with Crippen molar-refractivity contribution in [1.29, 1.82) is 0 Å². The van der Waals surface area contributed by atoms with E-state index in [4.69, 9.17) is 5.73 Å². The van der Waals surface area contributed by atoms with Crippen LogP contribution in [0, 0.1) is 11.8 Å². The van der Waals surface area contributed by atoms with Crippen molar-refractivity contribution in [3.8, 4) is 0 Å². The van der Waals surface area contributed by atoms with Gasteiger partial charge in [-0.25, -0.2) is 4.98 Å². The predicted molar refractivity (Wildman–Crippen MR) is 82.0 cm³/mol. The molecule has 2 fully saturated rings. The molecule has 2 saturated carbocycles. The maximum absolute atomic E-state index is 12.4. The molecule has 0 unspecified atom stereocenters. The molecule has 5 nitrogen and oxygen atoms in total. The highest BCUT2D eigenvalue weighted by atomic mass is 32.1. The lowest BCUT2D eigenvalue weighted by molar-refractivity contribution is 0.0931. The average molecular weight is 294 g/mol. The van der Waals surface area contributed by atoms with Gasteiger partial charge in [-0.1, -0.05) is 18.3 Å². The van der Waals surface area contributed by atoms with Crippen LogP contribution >= 0.6 is 11.3 Å². The number of nitrogens with two attached hydrogens (primary N) is 1. The van der Waals surface area contributed by atoms with Gasteiger partial charge in [0, 0.05) is 12.6 Å². The first-order valence-electron chi connectivity index (χ1n) is 7.50. The van der Waals surface area contributed by atoms with Gasteiger partial charge in [0.05, 0.1) is 0 Å². The summed E-state index contributed by atoms with van der Waals surface area (Å²) in [7, 11) is 0. The second kappa shape index (κ2) is 5.60. The van der Waals surface area contributed by atoms with Crippen LogP contribution in [0.3, 0.4) is 0 Å². The van der Waals surface area contributed by atoms with Crippen LogP contribution in [0.4, 0.5) is 10.9 Å². The molecule has 0 radical (unpaired) electrons. The van der Waals surface area contributed by atoms with Gasteiger partial charge in [0.1, 0.15) is 10.7 Å². The number of carbonyl (C=O) groups is 1. The molecule has 1 aromatic rings. The van der Waals surface area contributed by atoms with Gasteiger partial charge in [-0.15, -0.1) is 0 Å². The molecule has 1 amide bonds. The smallest absolute Gasteiger partial charge is 0.265 e. The first-order chi connectivity index (χ1) is 9.69. The third kappa shape index (κ3) is 3.06. The summed E-state index contributed by atoms with van der Waals surface area (Å²) in [6.45, 7) is 2.94. The third-order valence-electron chi connectivity index (χ3n) is 3.94. The van der Waals surface area contributed by atoms with Crippen molar-refractivity contribution >= 4 is 28.2 Å². The zero-order valence-corrected chi connectivity index (χ0v) is 12.6. The van der Waals surface area contributed by atoms with Gasteiger partial charge >= 0.3 is 0 Å². The highest BCUT2D eigenvalue weighted by Crippen LogP contribution is 2.44. The van der Waals surface area contributed by atoms with Crippen molar-refractivity contribution in [1.82, 2.24) is 10.3 Å². The van der Waals surface area contributed by atoms with Crippen molar-refractivity contribution in [2.45, 2.75) is 45.1 Å². The molecule has 110 valence electrons. The molecule has 2 aliphatic carbocycles. The van der Waals surface area contributed by atoms with E-state index >= 15 is 0 Å². The summed E-state index contributed by atoms with van der Waals surface area (Å²) < 4.78 is 0. The van der Waals surface area contributed by atoms with Crippen molar-refractivity contribution in [3.05, 3.63) is 4.88 Å². The number of hydrogen-bond donors (Lipinski definition) is 3. The molecule has 0 aromatic carbocycles. The van der Waals surface area contributed by atoms with E-state index in [0.29, 0.717) is 28.6 Å². The fraction of sp³-hybridized carbons (Fsp3) is 0.714. The Morgan fingerprint density at radius 3 is 2.60 bits per heavy atom. The molecule has 1 aromatic heterocycles. The third-order valence-corrected chi connectivity index (χ3v) is 4.97. The second-order valence-corrected chi connectivity index (χ2v) is 6.83. The number of thiazole rings is 1. The fourth-order valence-electron chi connectivity index (χ4n) is 2.55. The summed E-state index contributed by atoms with van der Waals surface area (Å²) >= 11 is 1.35. The Hall–Kier alpha value is -1.30. The maximum atomic E-state index is 12.4. The summed E-state index contributed by atoms with van der Waals surface area (Å²) in [4.78, 5) is 17.2. The lowest BCUT2D eigenvalue weighted by atomic mass is 10.1. The van der Waals surface area contributed by atoms with Gasteiger partial charge in [0.25, 0.3) is 5.91 Å². The standard InChI is InChI=1S/C14H22N4OS/c1-2-7-16-14-18-12(15)11(20-14)13(19)17-10(8-3-4-8)9-5-6-9/h8-10H,2-7,15H2,1H3,(H,16,18)(H,17,19). The monoisotopic (exact) mass is 294 g/mol. The van der Waals surface area contributed by atoms with E-state index in [1.807, 2.05) is 0 Å². The van der Waals surface area contributed by atoms with E-state index in [1.54, 1.807) is 0 Å². The summed E-state index contributed by atoms with van der Waals surface area (Å²) in [6, 6.07) is 0.357. The highest BCUT2D eigenvalue weighted by Gasteiger charge is 2.42. The summed E-state index contributed by atoms with van der Waals surface area (Å²) in [6.07, 6.45) is 6.03. The van der Waals surface area contributed by atoms with Crippen LogP contribution in [0.2, 0.25) is 0 Å². The molecule has 6 heteroatoms. The van der Waals surface area contributed by atoms with Crippen molar-refractivity contribution in [2.24, 2.45) is 11.8 Å². The largest absolute Gasteiger partial charge is 0.382 e. The number of rotatable bonds is 7. The van der Waals surface area contributed by atoms with Crippen LogP contribution in [0.5, 0.6) is 0 Å². The summed E-state index contributed by atoms with van der Waals surface area (Å²) in [5.74, 6) is 1.68. The molecule has 0 aliphatic heterocycles. The molecule has 0 saturated heterocycles. The zero-order valence-electron chi connectivity index (χ0n) is 11.8. The van der Waals surface area contributed by atoms with E-state index in [2.05, 4.69) is 22.5 Å². The van der Waals surface area contributed by atoms with E-state index in [1.165, 1.54) is 37.0 Å². The van der Waals surface area contributed by atoms with E-state index in [-0.39, 0.29) is 5.91 Å². The quantitative estimate of drug-likeness (QED) is 0.721. The highest BCUT2D eigenvalue weighted by molar-refractivity contribution is 7.18. The molecule has 2 aliphatic rings. The fourth-order valence-corrected chi connectivity index (χ4v) is 3.36. The molecular formula is C14H22N4OS. The normalized spacial score (nSPS) is 18.3. The number of nitrogen functional groups attached to an aromatic ring is 1.